The number of hydrogen-bond acceptors (Lipinski definition) is 7. The van der Waals surface area contributed by atoms with E-state index in [4.69, 9.17) is 20.4 Å². The minimum atomic E-state index is -1.18. The fourth-order valence-corrected chi connectivity index (χ4v) is 1.60. The highest BCUT2D eigenvalue weighted by Crippen LogP contribution is 2.07. The highest BCUT2D eigenvalue weighted by atomic mass is 16.3. The number of nitrogens with zero attached hydrogens (tertiary/aromatic N) is 1. The van der Waals surface area contributed by atoms with E-state index in [2.05, 4.69) is 15.6 Å². The molecular formula is C15H23N3O6. The fourth-order valence-electron chi connectivity index (χ4n) is 1.60. The Kier molecular flexibility index (Phi) is 6.79. The summed E-state index contributed by atoms with van der Waals surface area (Å²) in [5.74, 6) is -1.17. The molecule has 0 saturated heterocycles. The van der Waals surface area contributed by atoms with E-state index in [-0.39, 0.29) is 11.3 Å². The lowest BCUT2D eigenvalue weighted by atomic mass is 10.0. The Bertz CT molecular complexity index is 516. The summed E-state index contributed by atoms with van der Waals surface area (Å²) < 4.78 is 0. The van der Waals surface area contributed by atoms with Gasteiger partial charge in [0, 0.05) is 6.20 Å². The van der Waals surface area contributed by atoms with Crippen molar-refractivity contribution in [3.8, 4) is 0 Å². The van der Waals surface area contributed by atoms with Gasteiger partial charge in [-0.15, -0.1) is 0 Å². The summed E-state index contributed by atoms with van der Waals surface area (Å²) in [6.07, 6.45) is 1.18. The van der Waals surface area contributed by atoms with Crippen LogP contribution in [0.15, 0.2) is 18.3 Å². The molecule has 0 bridgehead atoms. The van der Waals surface area contributed by atoms with Crippen LogP contribution in [0.3, 0.4) is 0 Å². The second kappa shape index (κ2) is 8.15. The molecular weight excluding hydrogens is 318 g/mol. The highest BCUT2D eigenvalue weighted by Gasteiger charge is 2.27. The first-order valence-corrected chi connectivity index (χ1v) is 7.27. The first-order valence-electron chi connectivity index (χ1n) is 7.27. The van der Waals surface area contributed by atoms with Crippen LogP contribution in [0.5, 0.6) is 0 Å². The number of carbonyl (C=O) groups excluding carboxylic acids is 2. The van der Waals surface area contributed by atoms with Gasteiger partial charge in [-0.2, -0.15) is 0 Å². The van der Waals surface area contributed by atoms with Gasteiger partial charge < -0.3 is 31.1 Å². The summed E-state index contributed by atoms with van der Waals surface area (Å²) in [7, 11) is 0. The third kappa shape index (κ3) is 4.96. The Labute approximate surface area is 139 Å². The van der Waals surface area contributed by atoms with Gasteiger partial charge in [0.2, 0.25) is 0 Å². The number of nitrogens with one attached hydrogen (secondary N) is 2. The molecule has 1 aromatic rings. The third-order valence-corrected chi connectivity index (χ3v) is 3.48. The van der Waals surface area contributed by atoms with E-state index in [1.807, 2.05) is 0 Å². The van der Waals surface area contributed by atoms with Crippen LogP contribution in [-0.2, 0) is 0 Å². The molecule has 0 spiro atoms. The van der Waals surface area contributed by atoms with Crippen molar-refractivity contribution in [1.29, 1.82) is 0 Å². The molecule has 0 saturated carbocycles. The number of aliphatic hydroxyl groups excluding tert-OH is 4. The molecule has 0 atom stereocenters. The van der Waals surface area contributed by atoms with E-state index in [9.17, 15) is 9.59 Å². The zero-order valence-corrected chi connectivity index (χ0v) is 13.6. The molecule has 0 aliphatic heterocycles. The number of carbonyl (C=O) groups is 2. The maximum Gasteiger partial charge on any atom is 0.270 e. The molecule has 0 fully saturated rings. The monoisotopic (exact) mass is 341 g/mol. The number of amides is 2. The van der Waals surface area contributed by atoms with E-state index < -0.39 is 49.3 Å². The van der Waals surface area contributed by atoms with Gasteiger partial charge >= 0.3 is 0 Å². The molecule has 0 aliphatic carbocycles. The molecule has 2 amide bonds. The summed E-state index contributed by atoms with van der Waals surface area (Å²) in [4.78, 5) is 27.9. The number of aromatic nitrogens is 1. The van der Waals surface area contributed by atoms with E-state index in [0.29, 0.717) is 0 Å². The fraction of sp³-hybridized carbons (Fsp3) is 0.533. The lowest BCUT2D eigenvalue weighted by Gasteiger charge is -2.26. The Morgan fingerprint density at radius 3 is 1.75 bits per heavy atom. The van der Waals surface area contributed by atoms with Crippen molar-refractivity contribution in [1.82, 2.24) is 15.6 Å². The average molecular weight is 341 g/mol. The zero-order valence-electron chi connectivity index (χ0n) is 13.6. The number of hydrogen-bond donors (Lipinski definition) is 6. The zero-order chi connectivity index (χ0) is 18.4. The molecule has 6 N–H and O–H groups in total. The Morgan fingerprint density at radius 1 is 0.917 bits per heavy atom. The van der Waals surface area contributed by atoms with E-state index in [1.54, 1.807) is 0 Å². The smallest absolute Gasteiger partial charge is 0.270 e. The van der Waals surface area contributed by atoms with Crippen molar-refractivity contribution in [2.75, 3.05) is 26.4 Å². The van der Waals surface area contributed by atoms with E-state index in [1.165, 1.54) is 32.2 Å². The third-order valence-electron chi connectivity index (χ3n) is 3.48. The molecule has 0 aliphatic rings. The Hall–Kier alpha value is -2.07. The quantitative estimate of drug-likeness (QED) is 0.321. The van der Waals surface area contributed by atoms with Crippen molar-refractivity contribution in [3.05, 3.63) is 29.6 Å². The van der Waals surface area contributed by atoms with Crippen LogP contribution in [-0.4, -0.2) is 74.7 Å². The van der Waals surface area contributed by atoms with Crippen LogP contribution < -0.4 is 10.6 Å². The summed E-state index contributed by atoms with van der Waals surface area (Å²) in [5, 5.41) is 41.6. The first kappa shape index (κ1) is 20.0. The summed E-state index contributed by atoms with van der Waals surface area (Å²) in [6, 6.07) is 2.68. The van der Waals surface area contributed by atoms with Gasteiger partial charge in [0.05, 0.1) is 43.1 Å². The van der Waals surface area contributed by atoms with Gasteiger partial charge in [-0.25, -0.2) is 0 Å². The van der Waals surface area contributed by atoms with Gasteiger partial charge in [0.1, 0.15) is 5.69 Å². The van der Waals surface area contributed by atoms with Crippen LogP contribution in [0.2, 0.25) is 0 Å². The van der Waals surface area contributed by atoms with Crippen molar-refractivity contribution < 1.29 is 30.0 Å². The molecule has 0 radical (unpaired) electrons. The van der Waals surface area contributed by atoms with E-state index in [0.717, 1.165) is 0 Å². The second-order valence-corrected chi connectivity index (χ2v) is 6.09. The molecule has 0 aromatic carbocycles. The SMILES string of the molecule is CC(CO)(CO)NC(=O)c1ccc(C(=O)NC(C)(CO)CO)nc1. The minimum absolute atomic E-state index is 0.00625. The maximum absolute atomic E-state index is 12.0. The largest absolute Gasteiger partial charge is 0.394 e. The van der Waals surface area contributed by atoms with Gasteiger partial charge in [0.15, 0.2) is 0 Å². The van der Waals surface area contributed by atoms with Crippen LogP contribution >= 0.6 is 0 Å². The number of pyridine rings is 1. The molecule has 24 heavy (non-hydrogen) atoms. The summed E-state index contributed by atoms with van der Waals surface area (Å²) in [5.41, 5.74) is -2.20. The predicted molar refractivity (Wildman–Crippen MR) is 84.3 cm³/mol. The van der Waals surface area contributed by atoms with E-state index >= 15 is 0 Å². The van der Waals surface area contributed by atoms with Crippen LogP contribution in [0.1, 0.15) is 34.7 Å². The van der Waals surface area contributed by atoms with Crippen molar-refractivity contribution >= 4 is 11.8 Å². The average Bonchev–Trinajstić information content (AvgIpc) is 2.61. The standard InChI is InChI=1S/C15H23N3O6/c1-14(6-19,7-20)17-12(23)10-3-4-11(16-5-10)13(24)18-15(2,8-21)9-22/h3-5,19-22H,6-9H2,1-2H3,(H,17,23)(H,18,24). The van der Waals surface area contributed by atoms with Crippen molar-refractivity contribution in [2.24, 2.45) is 0 Å². The molecule has 1 aromatic heterocycles. The molecule has 9 nitrogen and oxygen atoms in total. The lowest BCUT2D eigenvalue weighted by molar-refractivity contribution is 0.0713. The molecule has 1 rings (SSSR count). The maximum atomic E-state index is 12.0. The minimum Gasteiger partial charge on any atom is -0.394 e. The summed E-state index contributed by atoms with van der Waals surface area (Å²) in [6.45, 7) is 1.17. The first-order chi connectivity index (χ1) is 11.2. The molecule has 1 heterocycles. The number of rotatable bonds is 8. The van der Waals surface area contributed by atoms with Gasteiger partial charge in [-0.05, 0) is 26.0 Å². The number of aliphatic hydroxyl groups is 4. The van der Waals surface area contributed by atoms with Crippen LogP contribution in [0, 0.1) is 0 Å². The van der Waals surface area contributed by atoms with Crippen molar-refractivity contribution in [3.63, 3.8) is 0 Å². The topological polar surface area (TPSA) is 152 Å². The normalized spacial score (nSPS) is 11.9. The highest BCUT2D eigenvalue weighted by molar-refractivity contribution is 5.96. The molecule has 9 heteroatoms. The van der Waals surface area contributed by atoms with Crippen molar-refractivity contribution in [2.45, 2.75) is 24.9 Å². The predicted octanol–water partition coefficient (Wildman–Crippen LogP) is -1.97. The lowest BCUT2D eigenvalue weighted by Crippen LogP contribution is -2.52. The molecule has 134 valence electrons. The Morgan fingerprint density at radius 2 is 1.38 bits per heavy atom. The van der Waals surface area contributed by atoms with Gasteiger partial charge in [-0.1, -0.05) is 0 Å². The Balaban J connectivity index is 2.82. The van der Waals surface area contributed by atoms with Gasteiger partial charge in [-0.3, -0.25) is 14.6 Å². The molecule has 0 unspecified atom stereocenters. The summed E-state index contributed by atoms with van der Waals surface area (Å²) >= 11 is 0. The van der Waals surface area contributed by atoms with Crippen LogP contribution in [0.4, 0.5) is 0 Å². The van der Waals surface area contributed by atoms with Gasteiger partial charge in [0.25, 0.3) is 11.8 Å². The second-order valence-electron chi connectivity index (χ2n) is 6.09. The van der Waals surface area contributed by atoms with Crippen LogP contribution in [0.25, 0.3) is 0 Å².